The zero-order chi connectivity index (χ0) is 21.8. The van der Waals surface area contributed by atoms with Crippen molar-refractivity contribution in [2.24, 2.45) is 5.41 Å². The number of carbonyl (C=O) groups is 2. The van der Waals surface area contributed by atoms with E-state index in [1.165, 1.54) is 16.9 Å². The molecule has 1 N–H and O–H groups in total. The van der Waals surface area contributed by atoms with Crippen LogP contribution < -0.4 is 10.1 Å². The zero-order valence-corrected chi connectivity index (χ0v) is 19.2. The molecule has 4 rings (SSSR count). The average Bonchev–Trinajstić information content (AvgIpc) is 3.21. The van der Waals surface area contributed by atoms with Crippen LogP contribution in [0.3, 0.4) is 0 Å². The third-order valence-electron chi connectivity index (χ3n) is 6.62. The molecule has 1 spiro atoms. The number of amides is 2. The van der Waals surface area contributed by atoms with Gasteiger partial charge in [-0.2, -0.15) is 0 Å². The van der Waals surface area contributed by atoms with E-state index < -0.39 is 5.41 Å². The Labute approximate surface area is 188 Å². The Morgan fingerprint density at radius 2 is 2.00 bits per heavy atom. The molecule has 2 aromatic rings. The summed E-state index contributed by atoms with van der Waals surface area (Å²) in [5.41, 5.74) is 3.33. The maximum atomic E-state index is 13.3. The van der Waals surface area contributed by atoms with E-state index in [0.29, 0.717) is 37.4 Å². The number of aromatic nitrogens is 1. The van der Waals surface area contributed by atoms with Gasteiger partial charge in [-0.05, 0) is 57.6 Å². The van der Waals surface area contributed by atoms with Crippen molar-refractivity contribution in [2.75, 3.05) is 19.7 Å². The number of nitrogens with one attached hydrogen (secondary N) is 1. The molecule has 0 bridgehead atoms. The molecular weight excluding hydrogens is 410 g/mol. The van der Waals surface area contributed by atoms with Crippen LogP contribution in [0.1, 0.15) is 60.0 Å². The van der Waals surface area contributed by atoms with Crippen LogP contribution in [0.2, 0.25) is 0 Å². The quantitative estimate of drug-likeness (QED) is 0.727. The first kappa shape index (κ1) is 21.8. The number of carbonyl (C=O) groups excluding carboxylic acids is 2. The molecule has 31 heavy (non-hydrogen) atoms. The fraction of sp³-hybridized carbons (Fsp3) is 0.542. The molecule has 1 fully saturated rings. The monoisotopic (exact) mass is 441 g/mol. The van der Waals surface area contributed by atoms with Crippen LogP contribution in [-0.2, 0) is 11.2 Å². The lowest BCUT2D eigenvalue weighted by molar-refractivity contribution is -0.135. The Balaban J connectivity index is 1.46. The van der Waals surface area contributed by atoms with Gasteiger partial charge in [-0.3, -0.25) is 9.59 Å². The number of piperidine rings is 1. The SMILES string of the molecule is Cc1ncsc1C(=O)N1CCC2(CCCCc3ccccc3OC[C@@H](C)NC2=O)CC1. The van der Waals surface area contributed by atoms with Crippen LogP contribution in [0.25, 0.3) is 0 Å². The normalized spacial score (nSPS) is 21.9. The largest absolute Gasteiger partial charge is 0.491 e. The van der Waals surface area contributed by atoms with E-state index in [2.05, 4.69) is 22.4 Å². The number of likely N-dealkylation sites (tertiary alicyclic amines) is 1. The smallest absolute Gasteiger partial charge is 0.265 e. The standard InChI is InChI=1S/C24H31N3O3S/c1-17-15-30-20-9-4-3-7-19(20)8-5-6-10-24(23(29)26-17)11-13-27(14-12-24)22(28)21-18(2)25-16-31-21/h3-4,7,9,16-17H,5-6,8,10-15H2,1-2H3,(H,26,29)/t17-/m1/s1. The van der Waals surface area contributed by atoms with Crippen LogP contribution in [0, 0.1) is 12.3 Å². The second-order valence-corrected chi connectivity index (χ2v) is 9.69. The van der Waals surface area contributed by atoms with Crippen LogP contribution in [0.4, 0.5) is 0 Å². The van der Waals surface area contributed by atoms with Crippen LogP contribution in [0.15, 0.2) is 29.8 Å². The summed E-state index contributed by atoms with van der Waals surface area (Å²) in [6.07, 6.45) is 5.22. The predicted molar refractivity (Wildman–Crippen MR) is 122 cm³/mol. The maximum Gasteiger partial charge on any atom is 0.265 e. The van der Waals surface area contributed by atoms with E-state index in [1.54, 1.807) is 5.51 Å². The molecule has 0 unspecified atom stereocenters. The number of fused-ring (bicyclic) bond motifs is 1. The van der Waals surface area contributed by atoms with E-state index in [9.17, 15) is 9.59 Å². The summed E-state index contributed by atoms with van der Waals surface area (Å²) in [4.78, 5) is 33.0. The Morgan fingerprint density at radius 1 is 1.23 bits per heavy atom. The van der Waals surface area contributed by atoms with Crippen molar-refractivity contribution < 1.29 is 14.3 Å². The fourth-order valence-electron chi connectivity index (χ4n) is 4.64. The highest BCUT2D eigenvalue weighted by Crippen LogP contribution is 2.38. The molecule has 166 valence electrons. The van der Waals surface area contributed by atoms with E-state index >= 15 is 0 Å². The van der Waals surface area contributed by atoms with Crippen molar-refractivity contribution in [3.63, 3.8) is 0 Å². The Bertz CT molecular complexity index is 934. The first-order chi connectivity index (χ1) is 15.0. The Kier molecular flexibility index (Phi) is 6.60. The second-order valence-electron chi connectivity index (χ2n) is 8.84. The highest BCUT2D eigenvalue weighted by molar-refractivity contribution is 7.11. The molecule has 1 aromatic heterocycles. The molecule has 1 saturated heterocycles. The Morgan fingerprint density at radius 3 is 2.74 bits per heavy atom. The van der Waals surface area contributed by atoms with Crippen LogP contribution in [0.5, 0.6) is 5.75 Å². The van der Waals surface area contributed by atoms with E-state index in [0.717, 1.165) is 37.1 Å². The number of aryl methyl sites for hydroxylation is 2. The summed E-state index contributed by atoms with van der Waals surface area (Å²) in [5.74, 6) is 1.07. The summed E-state index contributed by atoms with van der Waals surface area (Å²) in [6, 6.07) is 8.11. The zero-order valence-electron chi connectivity index (χ0n) is 18.4. The van der Waals surface area contributed by atoms with Gasteiger partial charge in [0.2, 0.25) is 5.91 Å². The van der Waals surface area contributed by atoms with Gasteiger partial charge in [0.25, 0.3) is 5.91 Å². The van der Waals surface area contributed by atoms with Gasteiger partial charge in [-0.15, -0.1) is 11.3 Å². The van der Waals surface area contributed by atoms with E-state index in [4.69, 9.17) is 4.74 Å². The molecule has 1 atom stereocenters. The van der Waals surface area contributed by atoms with Gasteiger partial charge in [0.1, 0.15) is 17.2 Å². The minimum Gasteiger partial charge on any atom is -0.491 e. The van der Waals surface area contributed by atoms with Gasteiger partial charge >= 0.3 is 0 Å². The number of ether oxygens (including phenoxy) is 1. The summed E-state index contributed by atoms with van der Waals surface area (Å²) in [5, 5.41) is 3.19. The lowest BCUT2D eigenvalue weighted by atomic mass is 9.73. The molecule has 2 amide bonds. The summed E-state index contributed by atoms with van der Waals surface area (Å²) in [6.45, 7) is 5.53. The van der Waals surface area contributed by atoms with E-state index in [-0.39, 0.29) is 17.9 Å². The number of rotatable bonds is 1. The molecule has 3 heterocycles. The first-order valence-electron chi connectivity index (χ1n) is 11.2. The van der Waals surface area contributed by atoms with Crippen molar-refractivity contribution >= 4 is 23.2 Å². The molecule has 7 heteroatoms. The minimum atomic E-state index is -0.410. The second kappa shape index (κ2) is 9.39. The minimum absolute atomic E-state index is 0.0433. The van der Waals surface area contributed by atoms with Crippen molar-refractivity contribution in [3.8, 4) is 5.75 Å². The lowest BCUT2D eigenvalue weighted by Crippen LogP contribution is -2.52. The van der Waals surface area contributed by atoms with Gasteiger partial charge < -0.3 is 15.0 Å². The van der Waals surface area contributed by atoms with Gasteiger partial charge in [0.05, 0.1) is 22.7 Å². The molecule has 2 aliphatic heterocycles. The van der Waals surface area contributed by atoms with Crippen LogP contribution in [-0.4, -0.2) is 47.4 Å². The highest BCUT2D eigenvalue weighted by atomic mass is 32.1. The number of nitrogens with zero attached hydrogens (tertiary/aromatic N) is 2. The average molecular weight is 442 g/mol. The number of thiazole rings is 1. The molecule has 0 saturated carbocycles. The topological polar surface area (TPSA) is 71.5 Å². The highest BCUT2D eigenvalue weighted by Gasteiger charge is 2.42. The maximum absolute atomic E-state index is 13.3. The number of hydrogen-bond donors (Lipinski definition) is 1. The molecule has 0 radical (unpaired) electrons. The number of benzene rings is 1. The first-order valence-corrected chi connectivity index (χ1v) is 12.1. The van der Waals surface area contributed by atoms with Gasteiger partial charge in [-0.25, -0.2) is 4.98 Å². The van der Waals surface area contributed by atoms with Gasteiger partial charge in [0, 0.05) is 13.1 Å². The molecular formula is C24H31N3O3S. The molecule has 6 nitrogen and oxygen atoms in total. The van der Waals surface area contributed by atoms with Gasteiger partial charge in [-0.1, -0.05) is 24.6 Å². The van der Waals surface area contributed by atoms with Crippen molar-refractivity contribution in [1.82, 2.24) is 15.2 Å². The molecule has 2 aliphatic rings. The van der Waals surface area contributed by atoms with Crippen molar-refractivity contribution in [2.45, 2.75) is 58.4 Å². The van der Waals surface area contributed by atoms with Crippen molar-refractivity contribution in [3.05, 3.63) is 45.9 Å². The summed E-state index contributed by atoms with van der Waals surface area (Å²) < 4.78 is 6.03. The van der Waals surface area contributed by atoms with Crippen molar-refractivity contribution in [1.29, 1.82) is 0 Å². The third-order valence-corrected chi connectivity index (χ3v) is 7.54. The fourth-order valence-corrected chi connectivity index (χ4v) is 5.41. The van der Waals surface area contributed by atoms with Gasteiger partial charge in [0.15, 0.2) is 0 Å². The van der Waals surface area contributed by atoms with E-state index in [1.807, 2.05) is 30.9 Å². The lowest BCUT2D eigenvalue weighted by Gasteiger charge is -2.41. The number of hydrogen-bond acceptors (Lipinski definition) is 5. The molecule has 0 aliphatic carbocycles. The molecule has 1 aromatic carbocycles. The Hall–Kier alpha value is -2.41. The van der Waals surface area contributed by atoms with Crippen LogP contribution >= 0.6 is 11.3 Å². The number of para-hydroxylation sites is 1. The summed E-state index contributed by atoms with van der Waals surface area (Å²) >= 11 is 1.39. The third kappa shape index (κ3) is 4.76. The summed E-state index contributed by atoms with van der Waals surface area (Å²) in [7, 11) is 0. The predicted octanol–water partition coefficient (Wildman–Crippen LogP) is 3.98.